The average Bonchev–Trinajstić information content (AvgIpc) is 3.07. The molecule has 1 atom stereocenters. The molecule has 0 aliphatic carbocycles. The second kappa shape index (κ2) is 7.84. The Balaban J connectivity index is 1.58. The van der Waals surface area contributed by atoms with Gasteiger partial charge in [0.15, 0.2) is 23.0 Å². The molecule has 146 valence electrons. The van der Waals surface area contributed by atoms with Gasteiger partial charge in [-0.3, -0.25) is 0 Å². The molecule has 2 aromatic carbocycles. The van der Waals surface area contributed by atoms with Gasteiger partial charge in [-0.1, -0.05) is 12.1 Å². The lowest BCUT2D eigenvalue weighted by atomic mass is 9.92. The average molecular weight is 382 g/mol. The van der Waals surface area contributed by atoms with Crippen molar-refractivity contribution in [2.45, 2.75) is 6.42 Å². The van der Waals surface area contributed by atoms with Crippen LogP contribution in [0.25, 0.3) is 6.08 Å². The summed E-state index contributed by atoms with van der Waals surface area (Å²) in [5.74, 6) is 2.47. The monoisotopic (exact) mass is 382 g/mol. The van der Waals surface area contributed by atoms with Crippen LogP contribution in [-0.4, -0.2) is 40.0 Å². The molecule has 0 amide bonds. The van der Waals surface area contributed by atoms with E-state index in [2.05, 4.69) is 0 Å². The zero-order chi connectivity index (χ0) is 19.5. The molecule has 2 aromatic rings. The number of esters is 1. The summed E-state index contributed by atoms with van der Waals surface area (Å²) in [5.41, 5.74) is 2.59. The molecule has 0 N–H and O–H groups in total. The number of ether oxygens (including phenoxy) is 5. The number of carbonyl (C=O) groups is 1. The van der Waals surface area contributed by atoms with Crippen molar-refractivity contribution in [2.75, 3.05) is 34.0 Å². The summed E-state index contributed by atoms with van der Waals surface area (Å²) in [6.07, 6.45) is 2.54. The van der Waals surface area contributed by atoms with Gasteiger partial charge in [0, 0.05) is 11.5 Å². The summed E-state index contributed by atoms with van der Waals surface area (Å²) >= 11 is 0. The third-order valence-electron chi connectivity index (χ3n) is 4.91. The number of methoxy groups -OCH3 is 2. The summed E-state index contributed by atoms with van der Waals surface area (Å²) in [6.45, 7) is 1.48. The Bertz CT molecular complexity index is 917. The van der Waals surface area contributed by atoms with Crippen molar-refractivity contribution in [3.8, 4) is 23.0 Å². The molecule has 6 nitrogen and oxygen atoms in total. The van der Waals surface area contributed by atoms with E-state index in [-0.39, 0.29) is 11.9 Å². The highest BCUT2D eigenvalue weighted by atomic mass is 16.6. The Labute approximate surface area is 163 Å². The lowest BCUT2D eigenvalue weighted by Gasteiger charge is -2.19. The van der Waals surface area contributed by atoms with Crippen LogP contribution in [0.1, 0.15) is 11.1 Å². The minimum absolute atomic E-state index is 0.0249. The Morgan fingerprint density at radius 3 is 2.54 bits per heavy atom. The number of hydrogen-bond acceptors (Lipinski definition) is 6. The predicted octanol–water partition coefficient (Wildman–Crippen LogP) is 3.27. The summed E-state index contributed by atoms with van der Waals surface area (Å²) in [5, 5.41) is 0. The number of fused-ring (bicyclic) bond motifs is 1. The van der Waals surface area contributed by atoms with E-state index in [0.717, 1.165) is 22.6 Å². The number of cyclic esters (lactones) is 1. The maximum atomic E-state index is 12.3. The highest BCUT2D eigenvalue weighted by molar-refractivity contribution is 5.96. The molecule has 2 heterocycles. The van der Waals surface area contributed by atoms with Gasteiger partial charge in [0.05, 0.1) is 20.8 Å². The summed E-state index contributed by atoms with van der Waals surface area (Å²) in [4.78, 5) is 12.3. The van der Waals surface area contributed by atoms with Gasteiger partial charge in [0.1, 0.15) is 13.2 Å². The van der Waals surface area contributed by atoms with Gasteiger partial charge in [-0.2, -0.15) is 0 Å². The first-order valence-corrected chi connectivity index (χ1v) is 9.17. The fourth-order valence-corrected chi connectivity index (χ4v) is 3.48. The second-order valence-corrected chi connectivity index (χ2v) is 6.69. The largest absolute Gasteiger partial charge is 0.493 e. The number of carbonyl (C=O) groups excluding carboxylic acids is 1. The predicted molar refractivity (Wildman–Crippen MR) is 103 cm³/mol. The third kappa shape index (κ3) is 3.63. The van der Waals surface area contributed by atoms with Crippen LogP contribution in [0, 0.1) is 5.92 Å². The first-order chi connectivity index (χ1) is 13.7. The Kier molecular flexibility index (Phi) is 5.10. The topological polar surface area (TPSA) is 63.2 Å². The Morgan fingerprint density at radius 1 is 0.964 bits per heavy atom. The second-order valence-electron chi connectivity index (χ2n) is 6.69. The zero-order valence-electron chi connectivity index (χ0n) is 15.9. The first-order valence-electron chi connectivity index (χ1n) is 9.17. The van der Waals surface area contributed by atoms with Crippen molar-refractivity contribution in [1.82, 2.24) is 0 Å². The molecule has 0 unspecified atom stereocenters. The number of hydrogen-bond donors (Lipinski definition) is 0. The Hall–Kier alpha value is -3.15. The highest BCUT2D eigenvalue weighted by Crippen LogP contribution is 2.34. The zero-order valence-corrected chi connectivity index (χ0v) is 15.9. The van der Waals surface area contributed by atoms with Crippen LogP contribution in [0.3, 0.4) is 0 Å². The van der Waals surface area contributed by atoms with Crippen LogP contribution < -0.4 is 18.9 Å². The van der Waals surface area contributed by atoms with Crippen LogP contribution in [-0.2, 0) is 16.0 Å². The van der Waals surface area contributed by atoms with Gasteiger partial charge in [-0.15, -0.1) is 0 Å². The van der Waals surface area contributed by atoms with E-state index >= 15 is 0 Å². The van der Waals surface area contributed by atoms with Gasteiger partial charge in [-0.25, -0.2) is 4.79 Å². The maximum absolute atomic E-state index is 12.3. The molecule has 2 aliphatic heterocycles. The van der Waals surface area contributed by atoms with Gasteiger partial charge in [0.2, 0.25) is 0 Å². The minimum Gasteiger partial charge on any atom is -0.493 e. The van der Waals surface area contributed by atoms with E-state index in [1.807, 2.05) is 42.5 Å². The fraction of sp³-hybridized carbons (Fsp3) is 0.318. The van der Waals surface area contributed by atoms with E-state index in [0.29, 0.717) is 43.3 Å². The van der Waals surface area contributed by atoms with Crippen LogP contribution >= 0.6 is 0 Å². The van der Waals surface area contributed by atoms with Gasteiger partial charge < -0.3 is 23.7 Å². The van der Waals surface area contributed by atoms with E-state index in [4.69, 9.17) is 23.7 Å². The first kappa shape index (κ1) is 18.2. The van der Waals surface area contributed by atoms with Crippen LogP contribution in [0.15, 0.2) is 42.0 Å². The van der Waals surface area contributed by atoms with Crippen molar-refractivity contribution in [2.24, 2.45) is 5.92 Å². The molecule has 2 aliphatic rings. The molecule has 28 heavy (non-hydrogen) atoms. The molecule has 0 radical (unpaired) electrons. The van der Waals surface area contributed by atoms with Crippen molar-refractivity contribution < 1.29 is 28.5 Å². The molecule has 4 rings (SSSR count). The molecule has 0 aromatic heterocycles. The molecule has 0 bridgehead atoms. The van der Waals surface area contributed by atoms with E-state index < -0.39 is 0 Å². The van der Waals surface area contributed by atoms with Crippen LogP contribution in [0.5, 0.6) is 23.0 Å². The minimum atomic E-state index is -0.280. The van der Waals surface area contributed by atoms with Gasteiger partial charge in [-0.05, 0) is 47.9 Å². The summed E-state index contributed by atoms with van der Waals surface area (Å²) in [6, 6.07) is 11.5. The van der Waals surface area contributed by atoms with Crippen molar-refractivity contribution >= 4 is 12.0 Å². The van der Waals surface area contributed by atoms with Crippen molar-refractivity contribution in [3.05, 3.63) is 53.1 Å². The fourth-order valence-electron chi connectivity index (χ4n) is 3.48. The standard InChI is InChI=1S/C22H22O6/c1-24-18-5-3-15(11-20(18)25-2)10-17-16(13-28-22(17)23)9-14-4-6-19-21(12-14)27-8-7-26-19/h3-6,10-12,16H,7-9,13H2,1-2H3/t16-/m1/s1. The SMILES string of the molecule is COc1ccc(C=C2C(=O)OC[C@H]2Cc2ccc3c(c2)OCCO3)cc1OC. The normalized spacial score (nSPS) is 19.4. The van der Waals surface area contributed by atoms with Crippen LogP contribution in [0.4, 0.5) is 0 Å². The quantitative estimate of drug-likeness (QED) is 0.584. The molecule has 0 saturated carbocycles. The Morgan fingerprint density at radius 2 is 1.75 bits per heavy atom. The lowest BCUT2D eigenvalue weighted by molar-refractivity contribution is -0.135. The smallest absolute Gasteiger partial charge is 0.334 e. The molecule has 1 saturated heterocycles. The van der Waals surface area contributed by atoms with Crippen LogP contribution in [0.2, 0.25) is 0 Å². The number of benzene rings is 2. The number of rotatable bonds is 5. The molecule has 6 heteroatoms. The molecular formula is C22H22O6. The summed E-state index contributed by atoms with van der Waals surface area (Å²) in [7, 11) is 3.18. The van der Waals surface area contributed by atoms with Gasteiger partial charge in [0.25, 0.3) is 0 Å². The molecule has 0 spiro atoms. The van der Waals surface area contributed by atoms with Crippen molar-refractivity contribution in [1.29, 1.82) is 0 Å². The molecular weight excluding hydrogens is 360 g/mol. The highest BCUT2D eigenvalue weighted by Gasteiger charge is 2.31. The lowest BCUT2D eigenvalue weighted by Crippen LogP contribution is -2.15. The van der Waals surface area contributed by atoms with Crippen molar-refractivity contribution in [3.63, 3.8) is 0 Å². The maximum Gasteiger partial charge on any atom is 0.334 e. The van der Waals surface area contributed by atoms with E-state index in [1.54, 1.807) is 14.2 Å². The van der Waals surface area contributed by atoms with E-state index in [9.17, 15) is 4.79 Å². The summed E-state index contributed by atoms with van der Waals surface area (Å²) < 4.78 is 27.2. The molecule has 1 fully saturated rings. The van der Waals surface area contributed by atoms with Gasteiger partial charge >= 0.3 is 5.97 Å². The third-order valence-corrected chi connectivity index (χ3v) is 4.91. The van der Waals surface area contributed by atoms with E-state index in [1.165, 1.54) is 0 Å².